The molecule has 0 aromatic heterocycles. The van der Waals surface area contributed by atoms with Gasteiger partial charge < -0.3 is 21.3 Å². The van der Waals surface area contributed by atoms with Crippen molar-refractivity contribution in [1.82, 2.24) is 0 Å². The summed E-state index contributed by atoms with van der Waals surface area (Å²) in [5.41, 5.74) is 9.98. The molecule has 0 aliphatic heterocycles. The normalized spacial score (nSPS) is 10.4. The standard InChI is InChI=1S/C10H13N5O4/c1-2-19-8-4-6(5-13-14-10(11)12)3-7(9(8)16)15(17)18/h3-5,16H,2H2,1H3,(H4,11,12,14)/b13-5+. The molecule has 0 fully saturated rings. The van der Waals surface area contributed by atoms with E-state index in [1.165, 1.54) is 12.3 Å². The molecule has 9 heteroatoms. The predicted octanol–water partition coefficient (Wildman–Crippen LogP) is 0.306. The summed E-state index contributed by atoms with van der Waals surface area (Å²) >= 11 is 0. The van der Waals surface area contributed by atoms with Gasteiger partial charge in [-0.1, -0.05) is 0 Å². The van der Waals surface area contributed by atoms with E-state index in [2.05, 4.69) is 10.2 Å². The monoisotopic (exact) mass is 267 g/mol. The number of nitrogens with zero attached hydrogens (tertiary/aromatic N) is 3. The van der Waals surface area contributed by atoms with Gasteiger partial charge in [0.1, 0.15) is 0 Å². The number of rotatable bonds is 5. The highest BCUT2D eigenvalue weighted by atomic mass is 16.6. The van der Waals surface area contributed by atoms with E-state index in [0.717, 1.165) is 6.07 Å². The molecule has 0 radical (unpaired) electrons. The molecule has 0 saturated heterocycles. The van der Waals surface area contributed by atoms with Crippen molar-refractivity contribution in [3.63, 3.8) is 0 Å². The molecular weight excluding hydrogens is 254 g/mol. The fourth-order valence-corrected chi connectivity index (χ4v) is 1.26. The lowest BCUT2D eigenvalue weighted by atomic mass is 10.2. The first-order valence-electron chi connectivity index (χ1n) is 5.21. The highest BCUT2D eigenvalue weighted by Gasteiger charge is 2.19. The summed E-state index contributed by atoms with van der Waals surface area (Å²) in [7, 11) is 0. The zero-order valence-electron chi connectivity index (χ0n) is 10.1. The quantitative estimate of drug-likeness (QED) is 0.302. The van der Waals surface area contributed by atoms with E-state index in [-0.39, 0.29) is 18.3 Å². The number of hydrogen-bond acceptors (Lipinski definition) is 6. The van der Waals surface area contributed by atoms with Crippen LogP contribution in [0.1, 0.15) is 12.5 Å². The van der Waals surface area contributed by atoms with Gasteiger partial charge in [0.2, 0.25) is 11.7 Å². The second kappa shape index (κ2) is 6.19. The van der Waals surface area contributed by atoms with Crippen molar-refractivity contribution < 1.29 is 14.8 Å². The number of phenols is 1. The number of aromatic hydroxyl groups is 1. The average molecular weight is 267 g/mol. The third-order valence-electron chi connectivity index (χ3n) is 1.95. The van der Waals surface area contributed by atoms with E-state index in [1.54, 1.807) is 6.92 Å². The van der Waals surface area contributed by atoms with Gasteiger partial charge in [-0.25, -0.2) is 0 Å². The fraction of sp³-hybridized carbons (Fsp3) is 0.200. The van der Waals surface area contributed by atoms with Crippen molar-refractivity contribution >= 4 is 17.9 Å². The largest absolute Gasteiger partial charge is 0.500 e. The van der Waals surface area contributed by atoms with Crippen molar-refractivity contribution in [1.29, 1.82) is 0 Å². The van der Waals surface area contributed by atoms with E-state index in [0.29, 0.717) is 5.56 Å². The van der Waals surface area contributed by atoms with Crippen LogP contribution in [0.5, 0.6) is 11.5 Å². The minimum absolute atomic E-state index is 0.0112. The van der Waals surface area contributed by atoms with Crippen LogP contribution in [0, 0.1) is 10.1 Å². The molecule has 0 saturated carbocycles. The van der Waals surface area contributed by atoms with Gasteiger partial charge in [-0.15, -0.1) is 5.10 Å². The summed E-state index contributed by atoms with van der Waals surface area (Å²) in [6.07, 6.45) is 1.20. The van der Waals surface area contributed by atoms with E-state index in [9.17, 15) is 15.2 Å². The van der Waals surface area contributed by atoms with Gasteiger partial charge in [-0.05, 0) is 13.0 Å². The Hall–Kier alpha value is -2.84. The molecule has 0 heterocycles. The molecule has 5 N–H and O–H groups in total. The maximum absolute atomic E-state index is 10.8. The molecule has 0 unspecified atom stereocenters. The van der Waals surface area contributed by atoms with Crippen molar-refractivity contribution in [3.8, 4) is 11.5 Å². The Kier molecular flexibility index (Phi) is 4.63. The molecule has 0 bridgehead atoms. The summed E-state index contributed by atoms with van der Waals surface area (Å²) in [5, 5.41) is 27.3. The molecule has 0 amide bonds. The Morgan fingerprint density at radius 3 is 2.79 bits per heavy atom. The fourth-order valence-electron chi connectivity index (χ4n) is 1.26. The first kappa shape index (κ1) is 14.2. The van der Waals surface area contributed by atoms with Gasteiger partial charge in [-0.2, -0.15) is 5.10 Å². The van der Waals surface area contributed by atoms with Crippen LogP contribution in [0.2, 0.25) is 0 Å². The van der Waals surface area contributed by atoms with Crippen LogP contribution in [-0.4, -0.2) is 28.8 Å². The van der Waals surface area contributed by atoms with Crippen LogP contribution in [0.15, 0.2) is 22.3 Å². The van der Waals surface area contributed by atoms with Gasteiger partial charge in [-0.3, -0.25) is 10.1 Å². The third-order valence-corrected chi connectivity index (χ3v) is 1.95. The molecule has 0 aliphatic carbocycles. The van der Waals surface area contributed by atoms with Gasteiger partial charge in [0.15, 0.2) is 5.75 Å². The maximum Gasteiger partial charge on any atom is 0.315 e. The van der Waals surface area contributed by atoms with Crippen LogP contribution >= 0.6 is 0 Å². The minimum atomic E-state index is -0.726. The van der Waals surface area contributed by atoms with Crippen LogP contribution < -0.4 is 16.2 Å². The lowest BCUT2D eigenvalue weighted by molar-refractivity contribution is -0.386. The zero-order chi connectivity index (χ0) is 14.4. The summed E-state index contributed by atoms with van der Waals surface area (Å²) in [5.74, 6) is -0.789. The average Bonchev–Trinajstić information content (AvgIpc) is 2.32. The Morgan fingerprint density at radius 2 is 2.26 bits per heavy atom. The van der Waals surface area contributed by atoms with Crippen LogP contribution in [0.4, 0.5) is 5.69 Å². The molecule has 0 aliphatic rings. The molecule has 19 heavy (non-hydrogen) atoms. The van der Waals surface area contributed by atoms with Crippen LogP contribution in [-0.2, 0) is 0 Å². The second-order valence-electron chi connectivity index (χ2n) is 3.35. The molecule has 0 atom stereocenters. The van der Waals surface area contributed by atoms with E-state index in [4.69, 9.17) is 16.2 Å². The van der Waals surface area contributed by atoms with Gasteiger partial charge in [0.05, 0.1) is 17.7 Å². The number of nitro benzene ring substituents is 1. The third kappa shape index (κ3) is 3.84. The Labute approximate surface area is 108 Å². The second-order valence-corrected chi connectivity index (χ2v) is 3.35. The first-order chi connectivity index (χ1) is 8.95. The number of guanidine groups is 1. The van der Waals surface area contributed by atoms with Gasteiger partial charge in [0.25, 0.3) is 0 Å². The summed E-state index contributed by atoms with van der Waals surface area (Å²) in [4.78, 5) is 10.1. The Morgan fingerprint density at radius 1 is 1.58 bits per heavy atom. The first-order valence-corrected chi connectivity index (χ1v) is 5.21. The Balaban J connectivity index is 3.22. The van der Waals surface area contributed by atoms with E-state index >= 15 is 0 Å². The lowest BCUT2D eigenvalue weighted by Crippen LogP contribution is -2.21. The molecule has 1 aromatic rings. The van der Waals surface area contributed by atoms with Crippen molar-refractivity contribution in [2.24, 2.45) is 21.7 Å². The van der Waals surface area contributed by atoms with Crippen molar-refractivity contribution in [2.75, 3.05) is 6.61 Å². The maximum atomic E-state index is 10.8. The molecule has 1 aromatic carbocycles. The number of nitrogens with two attached hydrogens (primary N) is 2. The van der Waals surface area contributed by atoms with E-state index in [1.807, 2.05) is 0 Å². The lowest BCUT2D eigenvalue weighted by Gasteiger charge is -2.06. The van der Waals surface area contributed by atoms with Gasteiger partial charge in [0, 0.05) is 11.6 Å². The number of nitro groups is 1. The molecule has 9 nitrogen and oxygen atoms in total. The zero-order valence-corrected chi connectivity index (χ0v) is 10.1. The predicted molar refractivity (Wildman–Crippen MR) is 69.3 cm³/mol. The highest BCUT2D eigenvalue weighted by molar-refractivity contribution is 5.84. The van der Waals surface area contributed by atoms with Crippen molar-refractivity contribution in [2.45, 2.75) is 6.92 Å². The van der Waals surface area contributed by atoms with Crippen LogP contribution in [0.3, 0.4) is 0 Å². The van der Waals surface area contributed by atoms with E-state index < -0.39 is 16.4 Å². The number of benzene rings is 1. The number of ether oxygens (including phenoxy) is 1. The molecule has 102 valence electrons. The van der Waals surface area contributed by atoms with Crippen LogP contribution in [0.25, 0.3) is 0 Å². The number of hydrogen-bond donors (Lipinski definition) is 3. The Bertz CT molecular complexity index is 537. The molecular formula is C10H13N5O4. The topological polar surface area (TPSA) is 149 Å². The molecule has 0 spiro atoms. The summed E-state index contributed by atoms with van der Waals surface area (Å²) < 4.78 is 5.09. The smallest absolute Gasteiger partial charge is 0.315 e. The SMILES string of the molecule is CCOc1cc(/C=N/N=C(N)N)cc([N+](=O)[O-])c1O. The molecule has 1 rings (SSSR count). The number of phenolic OH excluding ortho intramolecular Hbond substituents is 1. The highest BCUT2D eigenvalue weighted by Crippen LogP contribution is 2.36. The van der Waals surface area contributed by atoms with Gasteiger partial charge >= 0.3 is 5.69 Å². The summed E-state index contributed by atoms with van der Waals surface area (Å²) in [6.45, 7) is 1.94. The summed E-state index contributed by atoms with van der Waals surface area (Å²) in [6, 6.07) is 2.52. The minimum Gasteiger partial charge on any atom is -0.500 e. The van der Waals surface area contributed by atoms with Crippen molar-refractivity contribution in [3.05, 3.63) is 27.8 Å².